The van der Waals surface area contributed by atoms with Crippen molar-refractivity contribution in [3.8, 4) is 17.2 Å². The zero-order valence-electron chi connectivity index (χ0n) is 12.8. The molecule has 0 aromatic heterocycles. The predicted molar refractivity (Wildman–Crippen MR) is 95.6 cm³/mol. The molecule has 0 amide bonds. The molecule has 122 valence electrons. The first-order valence-electron chi connectivity index (χ1n) is 6.83. The molecule has 0 unspecified atom stereocenters. The zero-order chi connectivity index (χ0) is 16.8. The Morgan fingerprint density at radius 2 is 1.83 bits per heavy atom. The van der Waals surface area contributed by atoms with Crippen LogP contribution in [0.15, 0.2) is 40.9 Å². The monoisotopic (exact) mass is 442 g/mol. The molecule has 0 N–H and O–H groups in total. The number of halogens is 2. The second-order valence-corrected chi connectivity index (χ2v) is 6.20. The van der Waals surface area contributed by atoms with Crippen molar-refractivity contribution in [2.75, 3.05) is 14.2 Å². The molecule has 0 aliphatic carbocycles. The van der Waals surface area contributed by atoms with E-state index in [2.05, 4.69) is 31.9 Å². The molecule has 0 aliphatic rings. The van der Waals surface area contributed by atoms with E-state index in [4.69, 9.17) is 14.2 Å². The number of esters is 1. The Morgan fingerprint density at radius 3 is 2.48 bits per heavy atom. The highest BCUT2D eigenvalue weighted by Crippen LogP contribution is 2.36. The maximum atomic E-state index is 11.4. The molecule has 0 spiro atoms. The molecule has 0 saturated carbocycles. The van der Waals surface area contributed by atoms with Crippen LogP contribution in [0.25, 0.3) is 0 Å². The number of rotatable bonds is 6. The Hall–Kier alpha value is -1.53. The largest absolute Gasteiger partial charge is 0.493 e. The van der Waals surface area contributed by atoms with Gasteiger partial charge < -0.3 is 14.2 Å². The van der Waals surface area contributed by atoms with E-state index >= 15 is 0 Å². The van der Waals surface area contributed by atoms with Gasteiger partial charge >= 0.3 is 5.97 Å². The molecule has 0 bridgehead atoms. The SMILES string of the molecule is COC(=O)Cc1ccc(OC)c(Oc2cc(Br)ccc2CBr)c1. The molecule has 0 saturated heterocycles. The summed E-state index contributed by atoms with van der Waals surface area (Å²) in [7, 11) is 2.95. The number of hydrogen-bond donors (Lipinski definition) is 0. The van der Waals surface area contributed by atoms with Crippen LogP contribution in [0, 0.1) is 0 Å². The van der Waals surface area contributed by atoms with Crippen molar-refractivity contribution in [2.45, 2.75) is 11.8 Å². The van der Waals surface area contributed by atoms with Crippen LogP contribution in [0.5, 0.6) is 17.2 Å². The van der Waals surface area contributed by atoms with Crippen molar-refractivity contribution in [3.05, 3.63) is 52.0 Å². The quantitative estimate of drug-likeness (QED) is 0.472. The number of methoxy groups -OCH3 is 2. The summed E-state index contributed by atoms with van der Waals surface area (Å²) in [6.07, 6.45) is 0.181. The average Bonchev–Trinajstić information content (AvgIpc) is 2.55. The number of carbonyl (C=O) groups excluding carboxylic acids is 1. The third kappa shape index (κ3) is 4.72. The van der Waals surface area contributed by atoms with Gasteiger partial charge in [-0.25, -0.2) is 0 Å². The van der Waals surface area contributed by atoms with Crippen molar-refractivity contribution >= 4 is 37.8 Å². The third-order valence-electron chi connectivity index (χ3n) is 3.20. The molecule has 2 aromatic rings. The molecule has 0 radical (unpaired) electrons. The molecular formula is C17H16Br2O4. The minimum absolute atomic E-state index is 0.181. The lowest BCUT2D eigenvalue weighted by Crippen LogP contribution is -2.04. The smallest absolute Gasteiger partial charge is 0.309 e. The predicted octanol–water partition coefficient (Wildman–Crippen LogP) is 4.86. The number of benzene rings is 2. The fourth-order valence-corrected chi connectivity index (χ4v) is 2.81. The molecule has 6 heteroatoms. The van der Waals surface area contributed by atoms with Crippen LogP contribution in [0.3, 0.4) is 0 Å². The maximum Gasteiger partial charge on any atom is 0.309 e. The van der Waals surface area contributed by atoms with Crippen molar-refractivity contribution in [2.24, 2.45) is 0 Å². The third-order valence-corrected chi connectivity index (χ3v) is 4.29. The molecule has 23 heavy (non-hydrogen) atoms. The summed E-state index contributed by atoms with van der Waals surface area (Å²) in [4.78, 5) is 11.4. The Morgan fingerprint density at radius 1 is 1.04 bits per heavy atom. The fourth-order valence-electron chi connectivity index (χ4n) is 2.00. The first-order chi connectivity index (χ1) is 11.1. The average molecular weight is 444 g/mol. The summed E-state index contributed by atoms with van der Waals surface area (Å²) >= 11 is 6.89. The minimum Gasteiger partial charge on any atom is -0.493 e. The lowest BCUT2D eigenvalue weighted by molar-refractivity contribution is -0.139. The van der Waals surface area contributed by atoms with Crippen LogP contribution < -0.4 is 9.47 Å². The topological polar surface area (TPSA) is 44.8 Å². The first-order valence-corrected chi connectivity index (χ1v) is 8.74. The van der Waals surface area contributed by atoms with Gasteiger partial charge in [-0.2, -0.15) is 0 Å². The van der Waals surface area contributed by atoms with Gasteiger partial charge in [0.15, 0.2) is 11.5 Å². The summed E-state index contributed by atoms with van der Waals surface area (Å²) in [6, 6.07) is 11.2. The Bertz CT molecular complexity index is 701. The van der Waals surface area contributed by atoms with Crippen molar-refractivity contribution < 1.29 is 19.0 Å². The van der Waals surface area contributed by atoms with E-state index in [1.54, 1.807) is 19.2 Å². The highest BCUT2D eigenvalue weighted by molar-refractivity contribution is 9.10. The van der Waals surface area contributed by atoms with E-state index in [0.29, 0.717) is 22.6 Å². The van der Waals surface area contributed by atoms with Gasteiger partial charge in [0.25, 0.3) is 0 Å². The summed E-state index contributed by atoms with van der Waals surface area (Å²) in [6.45, 7) is 0. The fraction of sp³-hybridized carbons (Fsp3) is 0.235. The number of ether oxygens (including phenoxy) is 3. The van der Waals surface area contributed by atoms with Crippen molar-refractivity contribution in [1.82, 2.24) is 0 Å². The molecule has 2 aromatic carbocycles. The highest BCUT2D eigenvalue weighted by atomic mass is 79.9. The number of alkyl halides is 1. The van der Waals surface area contributed by atoms with Gasteiger partial charge in [-0.1, -0.05) is 44.0 Å². The van der Waals surface area contributed by atoms with Crippen LogP contribution >= 0.6 is 31.9 Å². The van der Waals surface area contributed by atoms with Crippen LogP contribution in [-0.4, -0.2) is 20.2 Å². The van der Waals surface area contributed by atoms with Gasteiger partial charge in [0.1, 0.15) is 5.75 Å². The second-order valence-electron chi connectivity index (χ2n) is 4.73. The van der Waals surface area contributed by atoms with E-state index in [0.717, 1.165) is 15.6 Å². The van der Waals surface area contributed by atoms with E-state index in [-0.39, 0.29) is 12.4 Å². The van der Waals surface area contributed by atoms with Crippen molar-refractivity contribution in [3.63, 3.8) is 0 Å². The molecule has 2 rings (SSSR count). The molecule has 0 aliphatic heterocycles. The van der Waals surface area contributed by atoms with Gasteiger partial charge in [-0.3, -0.25) is 4.79 Å². The van der Waals surface area contributed by atoms with E-state index < -0.39 is 0 Å². The van der Waals surface area contributed by atoms with Crippen LogP contribution in [0.4, 0.5) is 0 Å². The highest BCUT2D eigenvalue weighted by Gasteiger charge is 2.12. The van der Waals surface area contributed by atoms with Gasteiger partial charge in [-0.05, 0) is 29.8 Å². The van der Waals surface area contributed by atoms with E-state index in [1.807, 2.05) is 24.3 Å². The Labute approximate surface area is 152 Å². The lowest BCUT2D eigenvalue weighted by atomic mass is 10.1. The van der Waals surface area contributed by atoms with Crippen LogP contribution in [0.1, 0.15) is 11.1 Å². The van der Waals surface area contributed by atoms with Crippen LogP contribution in [-0.2, 0) is 21.3 Å². The van der Waals surface area contributed by atoms with E-state index in [9.17, 15) is 4.79 Å². The Kier molecular flexibility index (Phi) is 6.47. The minimum atomic E-state index is -0.301. The van der Waals surface area contributed by atoms with Gasteiger partial charge in [0.2, 0.25) is 0 Å². The molecule has 4 nitrogen and oxygen atoms in total. The number of hydrogen-bond acceptors (Lipinski definition) is 4. The Balaban J connectivity index is 2.35. The summed E-state index contributed by atoms with van der Waals surface area (Å²) < 4.78 is 17.0. The second kappa shape index (κ2) is 8.36. The molecular weight excluding hydrogens is 428 g/mol. The van der Waals surface area contributed by atoms with Crippen LogP contribution in [0.2, 0.25) is 0 Å². The summed E-state index contributed by atoms with van der Waals surface area (Å²) in [5.41, 5.74) is 1.80. The maximum absolute atomic E-state index is 11.4. The summed E-state index contributed by atoms with van der Waals surface area (Å²) in [5, 5.41) is 0.666. The van der Waals surface area contributed by atoms with E-state index in [1.165, 1.54) is 7.11 Å². The zero-order valence-corrected chi connectivity index (χ0v) is 15.9. The molecule has 0 atom stereocenters. The summed E-state index contributed by atoms with van der Waals surface area (Å²) in [5.74, 6) is 1.56. The molecule has 0 heterocycles. The van der Waals surface area contributed by atoms with Gasteiger partial charge in [-0.15, -0.1) is 0 Å². The molecule has 0 fully saturated rings. The number of carbonyl (C=O) groups is 1. The van der Waals surface area contributed by atoms with Gasteiger partial charge in [0.05, 0.1) is 20.6 Å². The normalized spacial score (nSPS) is 10.3. The van der Waals surface area contributed by atoms with Gasteiger partial charge in [0, 0.05) is 15.4 Å². The first kappa shape index (κ1) is 17.8. The standard InChI is InChI=1S/C17H16Br2O4/c1-21-14-6-3-11(8-17(20)22-2)7-16(14)23-15-9-13(19)5-4-12(15)10-18/h3-7,9H,8,10H2,1-2H3. The lowest BCUT2D eigenvalue weighted by Gasteiger charge is -2.14. The van der Waals surface area contributed by atoms with Crippen molar-refractivity contribution in [1.29, 1.82) is 0 Å².